The number of nitrogens with two attached hydrogens (primary N) is 1. The van der Waals surface area contributed by atoms with E-state index in [-0.39, 0.29) is 11.8 Å². The Hall–Kier alpha value is -1.59. The Bertz CT molecular complexity index is 354. The number of aliphatic hydroxyl groups excluding tert-OH is 1. The van der Waals surface area contributed by atoms with Gasteiger partial charge in [0, 0.05) is 19.0 Å². The lowest BCUT2D eigenvalue weighted by Crippen LogP contribution is -2.33. The molecule has 0 radical (unpaired) electrons. The number of aliphatic hydroxyl groups is 1. The van der Waals surface area contributed by atoms with Crippen LogP contribution in [0.5, 0.6) is 0 Å². The molecule has 0 fully saturated rings. The van der Waals surface area contributed by atoms with E-state index in [1.54, 1.807) is 0 Å². The SMILES string of the molecule is CC(CNCC(O)c1ccccc1)C(N)=NO. The van der Waals surface area contributed by atoms with Gasteiger partial charge in [-0.2, -0.15) is 0 Å². The Balaban J connectivity index is 2.32. The number of hydrogen-bond donors (Lipinski definition) is 4. The third kappa shape index (κ3) is 4.42. The van der Waals surface area contributed by atoms with Crippen molar-refractivity contribution in [2.75, 3.05) is 13.1 Å². The number of oxime groups is 1. The van der Waals surface area contributed by atoms with Crippen molar-refractivity contribution in [3.05, 3.63) is 35.9 Å². The number of nitrogens with one attached hydrogen (secondary N) is 1. The van der Waals surface area contributed by atoms with Crippen LogP contribution in [0.15, 0.2) is 35.5 Å². The summed E-state index contributed by atoms with van der Waals surface area (Å²) >= 11 is 0. The van der Waals surface area contributed by atoms with Gasteiger partial charge in [0.2, 0.25) is 0 Å². The predicted octanol–water partition coefficient (Wildman–Crippen LogP) is 0.692. The molecule has 0 saturated carbocycles. The van der Waals surface area contributed by atoms with Crippen LogP contribution in [0, 0.1) is 5.92 Å². The zero-order valence-corrected chi connectivity index (χ0v) is 9.87. The molecule has 1 aromatic carbocycles. The van der Waals surface area contributed by atoms with Gasteiger partial charge in [-0.15, -0.1) is 0 Å². The molecule has 5 N–H and O–H groups in total. The average molecular weight is 237 g/mol. The summed E-state index contributed by atoms with van der Waals surface area (Å²) in [5.41, 5.74) is 6.31. The van der Waals surface area contributed by atoms with Crippen molar-refractivity contribution in [2.45, 2.75) is 13.0 Å². The lowest BCUT2D eigenvalue weighted by atomic mass is 10.1. The minimum Gasteiger partial charge on any atom is -0.409 e. The van der Waals surface area contributed by atoms with Gasteiger partial charge in [0.05, 0.1) is 6.10 Å². The number of hydrogen-bond acceptors (Lipinski definition) is 4. The van der Waals surface area contributed by atoms with Gasteiger partial charge in [-0.05, 0) is 5.56 Å². The topological polar surface area (TPSA) is 90.9 Å². The molecule has 0 aromatic heterocycles. The Morgan fingerprint density at radius 2 is 2.00 bits per heavy atom. The first-order chi connectivity index (χ1) is 8.15. The maximum atomic E-state index is 9.86. The van der Waals surface area contributed by atoms with Gasteiger partial charge in [0.15, 0.2) is 0 Å². The van der Waals surface area contributed by atoms with Crippen LogP contribution >= 0.6 is 0 Å². The molecule has 2 atom stereocenters. The van der Waals surface area contributed by atoms with Gasteiger partial charge < -0.3 is 21.4 Å². The van der Waals surface area contributed by atoms with E-state index in [0.29, 0.717) is 13.1 Å². The molecule has 0 aliphatic rings. The van der Waals surface area contributed by atoms with Crippen molar-refractivity contribution in [3.8, 4) is 0 Å². The highest BCUT2D eigenvalue weighted by atomic mass is 16.4. The van der Waals surface area contributed by atoms with Crippen LogP contribution < -0.4 is 11.1 Å². The molecule has 5 nitrogen and oxygen atoms in total. The molecule has 0 aliphatic carbocycles. The molecule has 1 aromatic rings. The molecule has 1 rings (SSSR count). The summed E-state index contributed by atoms with van der Waals surface area (Å²) in [5.74, 6) is 0.120. The van der Waals surface area contributed by atoms with Gasteiger partial charge in [-0.1, -0.05) is 42.4 Å². The molecule has 94 valence electrons. The van der Waals surface area contributed by atoms with Crippen LogP contribution in [0.25, 0.3) is 0 Å². The predicted molar refractivity (Wildman–Crippen MR) is 66.8 cm³/mol. The van der Waals surface area contributed by atoms with Crippen molar-refractivity contribution < 1.29 is 10.3 Å². The number of amidine groups is 1. The van der Waals surface area contributed by atoms with Crippen LogP contribution in [0.2, 0.25) is 0 Å². The Kier molecular flexibility index (Phi) is 5.45. The lowest BCUT2D eigenvalue weighted by Gasteiger charge is -2.14. The fraction of sp³-hybridized carbons (Fsp3) is 0.417. The molecule has 0 aliphatic heterocycles. The first kappa shape index (κ1) is 13.5. The van der Waals surface area contributed by atoms with Gasteiger partial charge in [0.1, 0.15) is 5.84 Å². The number of nitrogens with zero attached hydrogens (tertiary/aromatic N) is 1. The molecule has 0 saturated heterocycles. The molecule has 0 spiro atoms. The summed E-state index contributed by atoms with van der Waals surface area (Å²) in [7, 11) is 0. The van der Waals surface area contributed by atoms with E-state index < -0.39 is 6.10 Å². The van der Waals surface area contributed by atoms with Crippen molar-refractivity contribution in [1.82, 2.24) is 5.32 Å². The van der Waals surface area contributed by atoms with Crippen LogP contribution in [-0.2, 0) is 0 Å². The standard InChI is InChI=1S/C12H19N3O2/c1-9(12(13)15-17)7-14-8-11(16)10-5-3-2-4-6-10/h2-6,9,11,14,16-17H,7-8H2,1H3,(H2,13,15). The smallest absolute Gasteiger partial charge is 0.143 e. The van der Waals surface area contributed by atoms with Crippen LogP contribution in [0.3, 0.4) is 0 Å². The minimum absolute atomic E-state index is 0.0667. The van der Waals surface area contributed by atoms with E-state index in [2.05, 4.69) is 10.5 Å². The fourth-order valence-electron chi connectivity index (χ4n) is 1.43. The van der Waals surface area contributed by atoms with Crippen molar-refractivity contribution in [3.63, 3.8) is 0 Å². The van der Waals surface area contributed by atoms with Crippen molar-refractivity contribution in [2.24, 2.45) is 16.8 Å². The van der Waals surface area contributed by atoms with E-state index in [0.717, 1.165) is 5.56 Å². The average Bonchev–Trinajstić information content (AvgIpc) is 2.38. The third-order valence-corrected chi connectivity index (χ3v) is 2.59. The first-order valence-electron chi connectivity index (χ1n) is 5.56. The van der Waals surface area contributed by atoms with Crippen LogP contribution in [0.4, 0.5) is 0 Å². The number of rotatable bonds is 6. The van der Waals surface area contributed by atoms with E-state index in [1.165, 1.54) is 0 Å². The maximum absolute atomic E-state index is 9.86. The van der Waals surface area contributed by atoms with E-state index >= 15 is 0 Å². The Morgan fingerprint density at radius 1 is 1.35 bits per heavy atom. The zero-order chi connectivity index (χ0) is 12.7. The maximum Gasteiger partial charge on any atom is 0.143 e. The molecule has 0 heterocycles. The van der Waals surface area contributed by atoms with Crippen LogP contribution in [0.1, 0.15) is 18.6 Å². The summed E-state index contributed by atoms with van der Waals surface area (Å²) in [5, 5.41) is 24.3. The van der Waals surface area contributed by atoms with Crippen LogP contribution in [-0.4, -0.2) is 29.2 Å². The zero-order valence-electron chi connectivity index (χ0n) is 9.87. The molecule has 17 heavy (non-hydrogen) atoms. The summed E-state index contributed by atoms with van der Waals surface area (Å²) < 4.78 is 0. The minimum atomic E-state index is -0.546. The van der Waals surface area contributed by atoms with E-state index in [4.69, 9.17) is 10.9 Å². The highest BCUT2D eigenvalue weighted by Crippen LogP contribution is 2.10. The Morgan fingerprint density at radius 3 is 2.59 bits per heavy atom. The largest absolute Gasteiger partial charge is 0.409 e. The second-order valence-corrected chi connectivity index (χ2v) is 4.01. The van der Waals surface area contributed by atoms with Gasteiger partial charge in [-0.3, -0.25) is 0 Å². The molecular formula is C12H19N3O2. The summed E-state index contributed by atoms with van der Waals surface area (Å²) in [4.78, 5) is 0. The van der Waals surface area contributed by atoms with Gasteiger partial charge in [0.25, 0.3) is 0 Å². The fourth-order valence-corrected chi connectivity index (χ4v) is 1.43. The molecule has 5 heteroatoms. The quantitative estimate of drug-likeness (QED) is 0.253. The van der Waals surface area contributed by atoms with Gasteiger partial charge in [-0.25, -0.2) is 0 Å². The van der Waals surface area contributed by atoms with E-state index in [1.807, 2.05) is 37.3 Å². The normalized spacial score (nSPS) is 15.5. The van der Waals surface area contributed by atoms with Crippen molar-refractivity contribution in [1.29, 1.82) is 0 Å². The molecule has 0 bridgehead atoms. The highest BCUT2D eigenvalue weighted by molar-refractivity contribution is 5.82. The van der Waals surface area contributed by atoms with Gasteiger partial charge >= 0.3 is 0 Å². The summed E-state index contributed by atoms with van der Waals surface area (Å²) in [6.45, 7) is 2.84. The second kappa shape index (κ2) is 6.88. The molecular weight excluding hydrogens is 218 g/mol. The monoisotopic (exact) mass is 237 g/mol. The van der Waals surface area contributed by atoms with E-state index in [9.17, 15) is 5.11 Å². The second-order valence-electron chi connectivity index (χ2n) is 4.01. The summed E-state index contributed by atoms with van der Waals surface area (Å²) in [6.07, 6.45) is -0.546. The molecule has 0 amide bonds. The Labute approximate surface area is 101 Å². The molecule has 2 unspecified atom stereocenters. The summed E-state index contributed by atoms with van der Waals surface area (Å²) in [6, 6.07) is 9.43. The lowest BCUT2D eigenvalue weighted by molar-refractivity contribution is 0.174. The highest BCUT2D eigenvalue weighted by Gasteiger charge is 2.09. The number of benzene rings is 1. The first-order valence-corrected chi connectivity index (χ1v) is 5.56. The third-order valence-electron chi connectivity index (χ3n) is 2.59. The van der Waals surface area contributed by atoms with Crippen molar-refractivity contribution >= 4 is 5.84 Å².